The molecule has 50 heavy (non-hydrogen) atoms. The van der Waals surface area contributed by atoms with Crippen molar-refractivity contribution in [2.45, 2.75) is 101 Å². The SMILES string of the molecule is CCOC(=O)CCCCNC(=O)C(CCCCNC(O)CCCCC1SCC2NC(=O)NC21)NC(=O)c1ccc(C(=O)c2ccccc2)cc1. The van der Waals surface area contributed by atoms with Gasteiger partial charge in [0.2, 0.25) is 5.91 Å². The number of aliphatic hydroxyl groups excluding tert-OH is 1. The molecular weight excluding hydrogens is 659 g/mol. The van der Waals surface area contributed by atoms with E-state index in [2.05, 4.69) is 26.6 Å². The number of esters is 1. The molecule has 0 bridgehead atoms. The summed E-state index contributed by atoms with van der Waals surface area (Å²) in [5.74, 6) is -0.198. The van der Waals surface area contributed by atoms with E-state index in [1.54, 1.807) is 55.5 Å². The highest BCUT2D eigenvalue weighted by Crippen LogP contribution is 2.33. The number of thioether (sulfide) groups is 1. The Balaban J connectivity index is 1.19. The summed E-state index contributed by atoms with van der Waals surface area (Å²) in [4.78, 5) is 62.3. The Bertz CT molecular complexity index is 1410. The van der Waals surface area contributed by atoms with E-state index < -0.39 is 18.2 Å². The van der Waals surface area contributed by atoms with Gasteiger partial charge in [0.05, 0.1) is 18.7 Å². The molecule has 4 rings (SSSR count). The van der Waals surface area contributed by atoms with Crippen LogP contribution in [0.4, 0.5) is 4.79 Å². The van der Waals surface area contributed by atoms with Crippen molar-refractivity contribution in [2.75, 3.05) is 25.4 Å². The van der Waals surface area contributed by atoms with Crippen molar-refractivity contribution >= 4 is 41.4 Å². The summed E-state index contributed by atoms with van der Waals surface area (Å²) < 4.78 is 4.95. The first-order valence-corrected chi connectivity index (χ1v) is 18.8. The van der Waals surface area contributed by atoms with E-state index in [1.165, 1.54) is 0 Å². The molecule has 12 nitrogen and oxygen atoms in total. The number of carbonyl (C=O) groups is 5. The third-order valence-corrected chi connectivity index (χ3v) is 10.4. The lowest BCUT2D eigenvalue weighted by atomic mass is 10.0. The summed E-state index contributed by atoms with van der Waals surface area (Å²) in [6.07, 6.45) is 6.02. The van der Waals surface area contributed by atoms with Crippen LogP contribution in [0.3, 0.4) is 0 Å². The van der Waals surface area contributed by atoms with E-state index in [4.69, 9.17) is 4.74 Å². The number of hydrogen-bond acceptors (Lipinski definition) is 9. The van der Waals surface area contributed by atoms with E-state index >= 15 is 0 Å². The van der Waals surface area contributed by atoms with Gasteiger partial charge in [-0.3, -0.25) is 24.5 Å². The second kappa shape index (κ2) is 20.7. The Hall–Kier alpha value is -3.94. The van der Waals surface area contributed by atoms with Crippen LogP contribution in [0, 0.1) is 0 Å². The van der Waals surface area contributed by atoms with Gasteiger partial charge in [-0.25, -0.2) is 4.79 Å². The molecule has 6 N–H and O–H groups in total. The largest absolute Gasteiger partial charge is 0.466 e. The number of amides is 4. The summed E-state index contributed by atoms with van der Waals surface area (Å²) in [5.41, 5.74) is 1.35. The van der Waals surface area contributed by atoms with Gasteiger partial charge in [-0.2, -0.15) is 11.8 Å². The van der Waals surface area contributed by atoms with Crippen molar-refractivity contribution in [1.82, 2.24) is 26.6 Å². The van der Waals surface area contributed by atoms with Crippen molar-refractivity contribution in [2.24, 2.45) is 0 Å². The number of ether oxygens (including phenoxy) is 1. The second-order valence-electron chi connectivity index (χ2n) is 12.7. The number of fused-ring (bicyclic) bond motifs is 1. The Labute approximate surface area is 298 Å². The van der Waals surface area contributed by atoms with E-state index in [1.807, 2.05) is 17.8 Å². The zero-order valence-corrected chi connectivity index (χ0v) is 29.6. The van der Waals surface area contributed by atoms with Gasteiger partial charge in [0, 0.05) is 40.7 Å². The number of nitrogens with one attached hydrogen (secondary N) is 5. The minimum Gasteiger partial charge on any atom is -0.466 e. The van der Waals surface area contributed by atoms with Gasteiger partial charge in [0.25, 0.3) is 5.91 Å². The van der Waals surface area contributed by atoms with Crippen LogP contribution in [0.1, 0.15) is 97.4 Å². The normalized spacial score (nSPS) is 19.1. The van der Waals surface area contributed by atoms with E-state index in [0.717, 1.165) is 25.0 Å². The molecule has 2 aromatic rings. The summed E-state index contributed by atoms with van der Waals surface area (Å²) in [6, 6.07) is 14.8. The lowest BCUT2D eigenvalue weighted by molar-refractivity contribution is -0.143. The fourth-order valence-electron chi connectivity index (χ4n) is 6.17. The monoisotopic (exact) mass is 709 g/mol. The van der Waals surface area contributed by atoms with Crippen LogP contribution < -0.4 is 26.6 Å². The average molecular weight is 710 g/mol. The summed E-state index contributed by atoms with van der Waals surface area (Å²) in [6.45, 7) is 3.02. The van der Waals surface area contributed by atoms with Crippen LogP contribution in [-0.2, 0) is 14.3 Å². The highest BCUT2D eigenvalue weighted by atomic mass is 32.2. The fraction of sp³-hybridized carbons (Fsp3) is 0.541. The maximum atomic E-state index is 13.2. The third kappa shape index (κ3) is 12.4. The van der Waals surface area contributed by atoms with Gasteiger partial charge in [0.1, 0.15) is 12.3 Å². The zero-order chi connectivity index (χ0) is 35.7. The molecule has 0 aliphatic carbocycles. The summed E-state index contributed by atoms with van der Waals surface area (Å²) in [7, 11) is 0. The predicted molar refractivity (Wildman–Crippen MR) is 193 cm³/mol. The molecule has 2 aliphatic rings. The molecule has 2 fully saturated rings. The third-order valence-electron chi connectivity index (χ3n) is 8.93. The predicted octanol–water partition coefficient (Wildman–Crippen LogP) is 3.67. The van der Waals surface area contributed by atoms with Gasteiger partial charge >= 0.3 is 12.0 Å². The van der Waals surface area contributed by atoms with Crippen LogP contribution in [0.5, 0.6) is 0 Å². The Morgan fingerprint density at radius 1 is 0.880 bits per heavy atom. The molecule has 0 spiro atoms. The smallest absolute Gasteiger partial charge is 0.315 e. The molecule has 2 aromatic carbocycles. The molecule has 2 aliphatic heterocycles. The van der Waals surface area contributed by atoms with Crippen molar-refractivity contribution in [3.63, 3.8) is 0 Å². The summed E-state index contributed by atoms with van der Waals surface area (Å²) >= 11 is 1.89. The molecule has 2 heterocycles. The summed E-state index contributed by atoms with van der Waals surface area (Å²) in [5, 5.41) is 25.7. The molecular formula is C37H51N5O7S. The topological polar surface area (TPSA) is 175 Å². The lowest BCUT2D eigenvalue weighted by Crippen LogP contribution is -2.47. The minimum absolute atomic E-state index is 0.0785. The van der Waals surface area contributed by atoms with Gasteiger partial charge in [0.15, 0.2) is 5.78 Å². The minimum atomic E-state index is -0.781. The Morgan fingerprint density at radius 3 is 2.34 bits per heavy atom. The molecule has 272 valence electrons. The zero-order valence-electron chi connectivity index (χ0n) is 28.8. The van der Waals surface area contributed by atoms with E-state index in [0.29, 0.717) is 80.2 Å². The van der Waals surface area contributed by atoms with Crippen LogP contribution in [-0.4, -0.2) is 89.8 Å². The van der Waals surface area contributed by atoms with Gasteiger partial charge < -0.3 is 31.1 Å². The number of unbranched alkanes of at least 4 members (excludes halogenated alkanes) is 3. The molecule has 0 saturated carbocycles. The van der Waals surface area contributed by atoms with Crippen LogP contribution >= 0.6 is 11.8 Å². The quantitative estimate of drug-likeness (QED) is 0.0351. The highest BCUT2D eigenvalue weighted by Gasteiger charge is 2.42. The number of aliphatic hydroxyl groups is 1. The number of carbonyl (C=O) groups excluding carboxylic acids is 5. The number of hydrogen-bond donors (Lipinski definition) is 6. The lowest BCUT2D eigenvalue weighted by Gasteiger charge is -2.19. The van der Waals surface area contributed by atoms with Gasteiger partial charge in [-0.1, -0.05) is 48.9 Å². The van der Waals surface area contributed by atoms with E-state index in [9.17, 15) is 29.1 Å². The van der Waals surface area contributed by atoms with Crippen molar-refractivity contribution in [1.29, 1.82) is 0 Å². The van der Waals surface area contributed by atoms with Crippen molar-refractivity contribution in [3.8, 4) is 0 Å². The number of ketones is 1. The van der Waals surface area contributed by atoms with Crippen LogP contribution in [0.25, 0.3) is 0 Å². The molecule has 4 amide bonds. The number of benzene rings is 2. The average Bonchev–Trinajstić information content (AvgIpc) is 3.68. The maximum Gasteiger partial charge on any atom is 0.315 e. The van der Waals surface area contributed by atoms with Crippen molar-refractivity contribution in [3.05, 3.63) is 71.3 Å². The number of rotatable bonds is 22. The standard InChI is InChI=1S/C37H51N5O7S/c1-2-49-32(44)17-9-11-23-39-36(47)28(40-35(46)27-20-18-26(19-21-27)34(45)25-12-4-3-5-13-25)14-8-10-22-38-31(43)16-7-6-15-30-33-29(24-50-30)41-37(48)42-33/h3-5,12-13,18-21,28-31,33,38,43H,2,6-11,14-17,22-24H2,1H3,(H,39,47)(H,40,46)(H2,41,42,48). The molecule has 13 heteroatoms. The van der Waals surface area contributed by atoms with Crippen LogP contribution in [0.15, 0.2) is 54.6 Å². The van der Waals surface area contributed by atoms with Crippen LogP contribution in [0.2, 0.25) is 0 Å². The maximum absolute atomic E-state index is 13.2. The molecule has 0 radical (unpaired) electrons. The first kappa shape index (κ1) is 38.9. The number of urea groups is 1. The van der Waals surface area contributed by atoms with E-state index in [-0.39, 0.29) is 42.2 Å². The molecule has 5 unspecified atom stereocenters. The first-order chi connectivity index (χ1) is 24.2. The van der Waals surface area contributed by atoms with Gasteiger partial charge in [-0.15, -0.1) is 0 Å². The molecule has 5 atom stereocenters. The van der Waals surface area contributed by atoms with Crippen molar-refractivity contribution < 1.29 is 33.8 Å². The molecule has 0 aromatic heterocycles. The Kier molecular flexibility index (Phi) is 16.1. The fourth-order valence-corrected chi connectivity index (χ4v) is 7.72. The first-order valence-electron chi connectivity index (χ1n) is 17.8. The second-order valence-corrected chi connectivity index (χ2v) is 14.0. The Morgan fingerprint density at radius 2 is 1.58 bits per heavy atom. The molecule has 2 saturated heterocycles. The van der Waals surface area contributed by atoms with Gasteiger partial charge in [-0.05, 0) is 77.0 Å². The highest BCUT2D eigenvalue weighted by molar-refractivity contribution is 8.00.